The number of thioether (sulfide) groups is 2. The summed E-state index contributed by atoms with van der Waals surface area (Å²) in [6.07, 6.45) is 10.1. The second-order valence-corrected chi connectivity index (χ2v) is 17.6. The van der Waals surface area contributed by atoms with Crippen LogP contribution in [0.1, 0.15) is 0 Å². The highest BCUT2D eigenvalue weighted by Crippen LogP contribution is 2.17. The van der Waals surface area contributed by atoms with Crippen molar-refractivity contribution in [1.82, 2.24) is 9.97 Å². The first-order valence-electron chi connectivity index (χ1n) is 17.6. The molecule has 11 nitrogen and oxygen atoms in total. The molecule has 0 aliphatic rings. The number of nitrogen functional groups attached to an aromatic ring is 2. The van der Waals surface area contributed by atoms with Crippen LogP contribution in [0.25, 0.3) is 0 Å². The fourth-order valence-electron chi connectivity index (χ4n) is 3.95. The van der Waals surface area contributed by atoms with Crippen molar-refractivity contribution in [1.29, 1.82) is 0 Å². The standard InChI is InChI=1S/C8H11NO2S.C8H11NOS.C8H11NS.C7H9NS.C6H7ClN2.C5H5ClN2/c1-9-7-3-5-8(6-4-7)12(2,10)11;1-9-7-3-5-8(6-4-7)11(2)10;1-9-7-3-5-8(10-2)6-4-7;1-9-7-4-2-6(8)3-5-7;1-8-6-3-2-5(7)4-9-6;6-4-1-2-5(7)8-3-4/h3-6,9H,1-2H3;3-6,9H,1-2H3;3-6,9H,1-2H3;2-5H,8H2,1H3;2-4H,1H3,(H,8,9);1-3H,(H2,7,8). The first-order valence-corrected chi connectivity index (χ1v) is 24.2. The van der Waals surface area contributed by atoms with Crippen LogP contribution < -0.4 is 32.7 Å². The Morgan fingerprint density at radius 1 is 0.576 bits per heavy atom. The smallest absolute Gasteiger partial charge is 0.175 e. The Morgan fingerprint density at radius 3 is 1.31 bits per heavy atom. The van der Waals surface area contributed by atoms with Crippen molar-refractivity contribution < 1.29 is 12.6 Å². The molecule has 0 spiro atoms. The molecule has 2 heterocycles. The van der Waals surface area contributed by atoms with E-state index >= 15 is 0 Å². The van der Waals surface area contributed by atoms with Gasteiger partial charge in [0.05, 0.1) is 14.9 Å². The minimum Gasteiger partial charge on any atom is -0.399 e. The van der Waals surface area contributed by atoms with E-state index in [1.165, 1.54) is 22.2 Å². The zero-order valence-corrected chi connectivity index (χ0v) is 39.1. The summed E-state index contributed by atoms with van der Waals surface area (Å²) in [5, 5.41) is 13.1. The number of nitrogens with two attached hydrogens (primary N) is 2. The van der Waals surface area contributed by atoms with Crippen LogP contribution in [0, 0.1) is 0 Å². The largest absolute Gasteiger partial charge is 0.399 e. The summed E-state index contributed by atoms with van der Waals surface area (Å²) in [5.74, 6) is 1.33. The highest BCUT2D eigenvalue weighted by molar-refractivity contribution is 7.98. The number of halogens is 2. The van der Waals surface area contributed by atoms with Gasteiger partial charge in [-0.1, -0.05) is 23.2 Å². The summed E-state index contributed by atoms with van der Waals surface area (Å²) in [6, 6.07) is 37.4. The van der Waals surface area contributed by atoms with Crippen molar-refractivity contribution in [2.45, 2.75) is 19.6 Å². The Hall–Kier alpha value is -4.64. The van der Waals surface area contributed by atoms with Gasteiger partial charge in [0.25, 0.3) is 0 Å². The highest BCUT2D eigenvalue weighted by atomic mass is 35.5. The van der Waals surface area contributed by atoms with Gasteiger partial charge < -0.3 is 32.7 Å². The number of hydrogen-bond acceptors (Lipinski definition) is 13. The monoisotopic (exact) mass is 916 g/mol. The molecule has 1 atom stereocenters. The minimum absolute atomic E-state index is 0.349. The lowest BCUT2D eigenvalue weighted by atomic mass is 10.3. The van der Waals surface area contributed by atoms with Crippen molar-refractivity contribution in [3.63, 3.8) is 0 Å². The van der Waals surface area contributed by atoms with Gasteiger partial charge in [-0.15, -0.1) is 23.5 Å². The van der Waals surface area contributed by atoms with E-state index in [-0.39, 0.29) is 0 Å². The van der Waals surface area contributed by atoms with Crippen LogP contribution >= 0.6 is 46.7 Å². The van der Waals surface area contributed by atoms with Crippen LogP contribution in [-0.2, 0) is 20.6 Å². The third-order valence-corrected chi connectivity index (χ3v) is 11.3. The van der Waals surface area contributed by atoms with Crippen LogP contribution in [-0.4, -0.2) is 75.8 Å². The maximum Gasteiger partial charge on any atom is 0.175 e. The maximum absolute atomic E-state index is 11.0. The molecule has 6 rings (SSSR count). The molecule has 8 N–H and O–H groups in total. The number of rotatable bonds is 8. The second kappa shape index (κ2) is 29.6. The van der Waals surface area contributed by atoms with Gasteiger partial charge in [-0.05, 0) is 134 Å². The van der Waals surface area contributed by atoms with E-state index in [9.17, 15) is 12.6 Å². The highest BCUT2D eigenvalue weighted by Gasteiger charge is 2.05. The third-order valence-electron chi connectivity index (χ3n) is 7.27. The van der Waals surface area contributed by atoms with Gasteiger partial charge in [0.2, 0.25) is 0 Å². The fourth-order valence-corrected chi connectivity index (χ4v) is 6.14. The van der Waals surface area contributed by atoms with Crippen molar-refractivity contribution in [2.75, 3.05) is 85.9 Å². The Morgan fingerprint density at radius 2 is 0.983 bits per heavy atom. The zero-order chi connectivity index (χ0) is 44.2. The van der Waals surface area contributed by atoms with E-state index in [4.69, 9.17) is 34.7 Å². The van der Waals surface area contributed by atoms with Gasteiger partial charge in [0, 0.05) is 101 Å². The molecule has 17 heteroatoms. The number of anilines is 6. The Bertz CT molecular complexity index is 2060. The summed E-state index contributed by atoms with van der Waals surface area (Å²) in [6.45, 7) is 0. The van der Waals surface area contributed by atoms with E-state index in [1.54, 1.807) is 85.5 Å². The summed E-state index contributed by atoms with van der Waals surface area (Å²) < 4.78 is 33.0. The van der Waals surface area contributed by atoms with Gasteiger partial charge in [0.1, 0.15) is 11.6 Å². The number of sulfone groups is 1. The number of nitrogens with one attached hydrogen (secondary N) is 4. The molecule has 0 aliphatic carbocycles. The van der Waals surface area contributed by atoms with Crippen LogP contribution in [0.4, 0.5) is 34.4 Å². The first-order chi connectivity index (χ1) is 28.1. The van der Waals surface area contributed by atoms with Gasteiger partial charge >= 0.3 is 0 Å². The van der Waals surface area contributed by atoms with E-state index in [0.29, 0.717) is 20.8 Å². The summed E-state index contributed by atoms with van der Waals surface area (Å²) in [5.41, 5.74) is 14.7. The van der Waals surface area contributed by atoms with Crippen molar-refractivity contribution in [3.05, 3.63) is 144 Å². The van der Waals surface area contributed by atoms with Crippen LogP contribution in [0.3, 0.4) is 0 Å². The summed E-state index contributed by atoms with van der Waals surface area (Å²) >= 11 is 14.6. The van der Waals surface area contributed by atoms with Crippen molar-refractivity contribution in [2.24, 2.45) is 0 Å². The topological polar surface area (TPSA) is 177 Å². The van der Waals surface area contributed by atoms with E-state index in [0.717, 1.165) is 33.5 Å². The van der Waals surface area contributed by atoms with E-state index < -0.39 is 20.6 Å². The molecular weight excluding hydrogens is 864 g/mol. The lowest BCUT2D eigenvalue weighted by Crippen LogP contribution is -1.96. The quantitative estimate of drug-likeness (QED) is 0.0629. The number of pyridine rings is 2. The number of nitrogens with zero attached hydrogens (tertiary/aromatic N) is 2. The molecule has 6 aromatic rings. The van der Waals surface area contributed by atoms with Crippen molar-refractivity contribution >= 4 is 102 Å². The second-order valence-electron chi connectivity index (χ2n) is 11.5. The molecule has 1 unspecified atom stereocenters. The lowest BCUT2D eigenvalue weighted by molar-refractivity contribution is 0.602. The molecule has 4 aromatic carbocycles. The van der Waals surface area contributed by atoms with Crippen LogP contribution in [0.15, 0.2) is 153 Å². The fraction of sp³-hybridized carbons (Fsp3) is 0.190. The Labute approximate surface area is 371 Å². The van der Waals surface area contributed by atoms with Gasteiger partial charge in [0.15, 0.2) is 9.84 Å². The predicted molar refractivity (Wildman–Crippen MR) is 260 cm³/mol. The van der Waals surface area contributed by atoms with E-state index in [2.05, 4.69) is 61.8 Å². The molecule has 0 saturated heterocycles. The molecule has 2 aromatic heterocycles. The van der Waals surface area contributed by atoms with Crippen LogP contribution in [0.2, 0.25) is 10.0 Å². The average Bonchev–Trinajstić information content (AvgIpc) is 3.26. The molecule has 0 fully saturated rings. The van der Waals surface area contributed by atoms with Gasteiger partial charge in [-0.2, -0.15) is 0 Å². The first kappa shape index (κ1) is 52.4. The SMILES string of the molecule is CNc1ccc(Cl)cn1.CNc1ccc(S(C)(=O)=O)cc1.CNc1ccc(S(C)=O)cc1.CNc1ccc(SC)cc1.CSc1ccc(N)cc1.Nc1ccc(Cl)cn1. The van der Waals surface area contributed by atoms with E-state index in [1.807, 2.05) is 82.0 Å². The molecule has 0 saturated carbocycles. The summed E-state index contributed by atoms with van der Waals surface area (Å²) in [4.78, 5) is 11.5. The number of hydrogen-bond donors (Lipinski definition) is 6. The predicted octanol–water partition coefficient (Wildman–Crippen LogP) is 10.1. The molecule has 318 valence electrons. The molecule has 0 radical (unpaired) electrons. The normalized spacial score (nSPS) is 10.3. The Kier molecular flexibility index (Phi) is 26.2. The minimum atomic E-state index is -3.06. The lowest BCUT2D eigenvalue weighted by Gasteiger charge is -2.00. The zero-order valence-electron chi connectivity index (χ0n) is 34.4. The average molecular weight is 918 g/mol. The molecule has 0 aliphatic heterocycles. The van der Waals surface area contributed by atoms with Gasteiger partial charge in [-0.3, -0.25) is 4.21 Å². The number of aromatic nitrogens is 2. The molecule has 0 amide bonds. The molecule has 59 heavy (non-hydrogen) atoms. The van der Waals surface area contributed by atoms with Gasteiger partial charge in [-0.25, -0.2) is 18.4 Å². The Balaban J connectivity index is 0.000000356. The number of benzene rings is 4. The maximum atomic E-state index is 11.0. The molecular formula is C42H54Cl2N8O3S4. The van der Waals surface area contributed by atoms with Crippen LogP contribution in [0.5, 0.6) is 0 Å². The van der Waals surface area contributed by atoms with Crippen molar-refractivity contribution in [3.8, 4) is 0 Å². The molecule has 0 bridgehead atoms. The third kappa shape index (κ3) is 23.5. The summed E-state index contributed by atoms with van der Waals surface area (Å²) in [7, 11) is 3.46.